The van der Waals surface area contributed by atoms with Gasteiger partial charge < -0.3 is 24.9 Å². The second kappa shape index (κ2) is 14.6. The quantitative estimate of drug-likeness (QED) is 0.133. The Morgan fingerprint density at radius 2 is 1.37 bits per heavy atom. The Kier molecular flexibility index (Phi) is 11.0. The van der Waals surface area contributed by atoms with E-state index in [0.29, 0.717) is 23.2 Å². The van der Waals surface area contributed by atoms with Crippen LogP contribution in [0, 0.1) is 22.0 Å². The van der Waals surface area contributed by atoms with Gasteiger partial charge in [-0.1, -0.05) is 64.2 Å². The van der Waals surface area contributed by atoms with Gasteiger partial charge in [0.25, 0.3) is 0 Å². The van der Waals surface area contributed by atoms with E-state index in [9.17, 15) is 19.7 Å². The lowest BCUT2D eigenvalue weighted by atomic mass is 9.84. The zero-order chi connectivity index (χ0) is 29.4. The molecule has 0 radical (unpaired) electrons. The van der Waals surface area contributed by atoms with Gasteiger partial charge in [0.2, 0.25) is 5.82 Å². The molecule has 4 rings (SSSR count). The number of aromatic nitrogens is 2. The molecule has 2 aliphatic carbocycles. The number of ether oxygens (including phenoxy) is 2. The van der Waals surface area contributed by atoms with Gasteiger partial charge in [-0.25, -0.2) is 19.1 Å². The van der Waals surface area contributed by atoms with Gasteiger partial charge in [-0.3, -0.25) is 0 Å². The SMILES string of the molecule is CC1=C(C(=O)OCCCC2CCCCC2)C(c2ncc([N+](=O)[O-])n2C)C(C(=O)OCCCC2CCCCC2)=C(C)N1. The lowest BCUT2D eigenvalue weighted by Gasteiger charge is -2.29. The Morgan fingerprint density at radius 1 is 0.902 bits per heavy atom. The van der Waals surface area contributed by atoms with E-state index in [2.05, 4.69) is 10.3 Å². The lowest BCUT2D eigenvalue weighted by molar-refractivity contribution is -0.391. The van der Waals surface area contributed by atoms with Crippen molar-refractivity contribution in [3.8, 4) is 0 Å². The van der Waals surface area contributed by atoms with Gasteiger partial charge in [0, 0.05) is 11.4 Å². The van der Waals surface area contributed by atoms with Crippen LogP contribution in [0.2, 0.25) is 0 Å². The molecular formula is C31H46N4O6. The summed E-state index contributed by atoms with van der Waals surface area (Å²) >= 11 is 0. The summed E-state index contributed by atoms with van der Waals surface area (Å²) in [6, 6.07) is 0. The number of esters is 2. The summed E-state index contributed by atoms with van der Waals surface area (Å²) in [7, 11) is 1.52. The number of allylic oxidation sites excluding steroid dienone is 2. The van der Waals surface area contributed by atoms with Crippen LogP contribution in [0.25, 0.3) is 0 Å². The monoisotopic (exact) mass is 570 g/mol. The largest absolute Gasteiger partial charge is 0.462 e. The van der Waals surface area contributed by atoms with Crippen LogP contribution >= 0.6 is 0 Å². The second-order valence-electron chi connectivity index (χ2n) is 12.0. The molecule has 1 aromatic heterocycles. The van der Waals surface area contributed by atoms with E-state index >= 15 is 0 Å². The molecule has 0 amide bonds. The Balaban J connectivity index is 1.49. The third-order valence-corrected chi connectivity index (χ3v) is 9.07. The number of rotatable bonds is 12. The highest BCUT2D eigenvalue weighted by Crippen LogP contribution is 2.40. The second-order valence-corrected chi connectivity index (χ2v) is 12.0. The van der Waals surface area contributed by atoms with Crippen LogP contribution in [-0.4, -0.2) is 39.6 Å². The van der Waals surface area contributed by atoms with Crippen molar-refractivity contribution in [1.82, 2.24) is 14.9 Å². The third-order valence-electron chi connectivity index (χ3n) is 9.07. The molecule has 0 aromatic carbocycles. The van der Waals surface area contributed by atoms with E-state index < -0.39 is 22.8 Å². The summed E-state index contributed by atoms with van der Waals surface area (Å²) < 4.78 is 12.8. The van der Waals surface area contributed by atoms with E-state index in [-0.39, 0.29) is 36.0 Å². The predicted octanol–water partition coefficient (Wildman–Crippen LogP) is 6.37. The fourth-order valence-corrected chi connectivity index (χ4v) is 6.83. The van der Waals surface area contributed by atoms with Crippen LogP contribution in [0.4, 0.5) is 5.82 Å². The van der Waals surface area contributed by atoms with E-state index in [1.165, 1.54) is 75.8 Å². The van der Waals surface area contributed by atoms with Crippen molar-refractivity contribution in [3.63, 3.8) is 0 Å². The number of hydrogen-bond acceptors (Lipinski definition) is 8. The van der Waals surface area contributed by atoms with Gasteiger partial charge in [0.1, 0.15) is 12.1 Å². The third kappa shape index (κ3) is 7.77. The van der Waals surface area contributed by atoms with E-state index in [1.807, 2.05) is 0 Å². The van der Waals surface area contributed by atoms with Crippen molar-refractivity contribution in [1.29, 1.82) is 0 Å². The molecule has 0 bridgehead atoms. The molecule has 0 unspecified atom stereocenters. The summed E-state index contributed by atoms with van der Waals surface area (Å²) in [4.78, 5) is 42.5. The summed E-state index contributed by atoms with van der Waals surface area (Å²) in [6.07, 6.45) is 17.4. The highest BCUT2D eigenvalue weighted by molar-refractivity contribution is 5.99. The number of nitro groups is 1. The zero-order valence-electron chi connectivity index (χ0n) is 24.9. The molecule has 226 valence electrons. The van der Waals surface area contributed by atoms with Crippen LogP contribution in [-0.2, 0) is 26.1 Å². The first-order valence-corrected chi connectivity index (χ1v) is 15.5. The summed E-state index contributed by atoms with van der Waals surface area (Å²) in [6.45, 7) is 4.06. The standard InChI is InChI=1S/C31H46N4O6/c1-21-26(30(36)40-18-10-16-23-12-6-4-7-13-23)28(29-32-20-25(34(29)3)35(38)39)27(22(2)33-21)31(37)41-19-11-17-24-14-8-5-9-15-24/h20,23-24,28,33H,4-19H2,1-3H3. The van der Waals surface area contributed by atoms with Crippen LogP contribution in [0.1, 0.15) is 115 Å². The molecule has 10 heteroatoms. The van der Waals surface area contributed by atoms with E-state index in [4.69, 9.17) is 9.47 Å². The minimum atomic E-state index is -0.952. The number of nitrogens with one attached hydrogen (secondary N) is 1. The molecule has 1 N–H and O–H groups in total. The van der Waals surface area contributed by atoms with Crippen LogP contribution in [0.3, 0.4) is 0 Å². The fourth-order valence-electron chi connectivity index (χ4n) is 6.83. The fraction of sp³-hybridized carbons (Fsp3) is 0.710. The molecule has 10 nitrogen and oxygen atoms in total. The number of hydrogen-bond donors (Lipinski definition) is 1. The van der Waals surface area contributed by atoms with Gasteiger partial charge in [-0.05, 0) is 56.3 Å². The van der Waals surface area contributed by atoms with Gasteiger partial charge in [-0.2, -0.15) is 0 Å². The Labute approximate surface area is 243 Å². The first kappa shape index (κ1) is 30.8. The first-order valence-electron chi connectivity index (χ1n) is 15.5. The minimum absolute atomic E-state index is 0.222. The maximum absolute atomic E-state index is 13.5. The summed E-state index contributed by atoms with van der Waals surface area (Å²) in [5.41, 5.74) is 1.52. The average molecular weight is 571 g/mol. The normalized spacial score (nSPS) is 19.3. The Morgan fingerprint density at radius 3 is 1.78 bits per heavy atom. The number of nitrogens with zero attached hydrogens (tertiary/aromatic N) is 3. The van der Waals surface area contributed by atoms with Gasteiger partial charge >= 0.3 is 17.8 Å². The smallest absolute Gasteiger partial charge is 0.342 e. The molecule has 2 fully saturated rings. The summed E-state index contributed by atoms with van der Waals surface area (Å²) in [5, 5.41) is 14.8. The summed E-state index contributed by atoms with van der Waals surface area (Å²) in [5.74, 6) is -0.689. The highest BCUT2D eigenvalue weighted by atomic mass is 16.6. The van der Waals surface area contributed by atoms with Gasteiger partial charge in [0.15, 0.2) is 0 Å². The molecule has 2 saturated carbocycles. The molecule has 0 atom stereocenters. The molecule has 41 heavy (non-hydrogen) atoms. The first-order chi connectivity index (χ1) is 19.8. The predicted molar refractivity (Wildman–Crippen MR) is 155 cm³/mol. The van der Waals surface area contributed by atoms with Crippen molar-refractivity contribution in [2.24, 2.45) is 18.9 Å². The van der Waals surface area contributed by atoms with E-state index in [0.717, 1.165) is 31.9 Å². The minimum Gasteiger partial charge on any atom is -0.462 e. The average Bonchev–Trinajstić information content (AvgIpc) is 3.35. The van der Waals surface area contributed by atoms with Crippen molar-refractivity contribution in [3.05, 3.63) is 44.7 Å². The van der Waals surface area contributed by atoms with Crippen molar-refractivity contribution in [2.75, 3.05) is 13.2 Å². The maximum atomic E-state index is 13.5. The zero-order valence-corrected chi connectivity index (χ0v) is 24.9. The molecule has 0 spiro atoms. The highest BCUT2D eigenvalue weighted by Gasteiger charge is 2.43. The molecular weight excluding hydrogens is 524 g/mol. The van der Waals surface area contributed by atoms with Crippen molar-refractivity contribution < 1.29 is 24.0 Å². The molecule has 3 aliphatic rings. The van der Waals surface area contributed by atoms with Crippen LogP contribution in [0.15, 0.2) is 28.7 Å². The Bertz CT molecular complexity index is 1100. The number of carbonyl (C=O) groups is 2. The van der Waals surface area contributed by atoms with Crippen molar-refractivity contribution >= 4 is 17.8 Å². The maximum Gasteiger partial charge on any atom is 0.342 e. The van der Waals surface area contributed by atoms with Gasteiger partial charge in [0.05, 0.1) is 31.4 Å². The van der Waals surface area contributed by atoms with Crippen LogP contribution < -0.4 is 5.32 Å². The van der Waals surface area contributed by atoms with Crippen molar-refractivity contribution in [2.45, 2.75) is 110 Å². The number of imidazole rings is 1. The number of dihydropyridines is 1. The molecule has 0 saturated heterocycles. The van der Waals surface area contributed by atoms with Gasteiger partial charge in [-0.15, -0.1) is 0 Å². The Hall–Kier alpha value is -3.17. The van der Waals surface area contributed by atoms with Crippen LogP contribution in [0.5, 0.6) is 0 Å². The lowest BCUT2D eigenvalue weighted by Crippen LogP contribution is -2.34. The number of carbonyl (C=O) groups excluding carboxylic acids is 2. The molecule has 1 aliphatic heterocycles. The van der Waals surface area contributed by atoms with E-state index in [1.54, 1.807) is 13.8 Å². The topological polar surface area (TPSA) is 126 Å². The molecule has 2 heterocycles. The molecule has 1 aromatic rings.